The highest BCUT2D eigenvalue weighted by molar-refractivity contribution is 9.10. The number of ether oxygens (including phenoxy) is 1. The van der Waals surface area contributed by atoms with Crippen LogP contribution in [0.3, 0.4) is 0 Å². The molecule has 0 saturated heterocycles. The van der Waals surface area contributed by atoms with Crippen molar-refractivity contribution in [1.82, 2.24) is 0 Å². The molecule has 0 fully saturated rings. The predicted octanol–water partition coefficient (Wildman–Crippen LogP) is 3.13. The number of esters is 1. The minimum absolute atomic E-state index is 0.0492. The molecule has 1 heterocycles. The summed E-state index contributed by atoms with van der Waals surface area (Å²) in [5, 5.41) is 13.1. The molecule has 0 aliphatic heterocycles. The molecule has 23 heavy (non-hydrogen) atoms. The molecule has 1 atom stereocenters. The molecule has 0 bridgehead atoms. The Hall–Kier alpha value is -2.68. The molecule has 1 amide bonds. The lowest BCUT2D eigenvalue weighted by Gasteiger charge is -2.12. The second-order valence-corrected chi connectivity index (χ2v) is 5.23. The third-order valence-electron chi connectivity index (χ3n) is 2.75. The molecule has 2 rings (SSSR count). The summed E-state index contributed by atoms with van der Waals surface area (Å²) in [5.41, 5.74) is 0.0701. The zero-order valence-corrected chi connectivity index (χ0v) is 13.4. The lowest BCUT2D eigenvalue weighted by molar-refractivity contribution is -0.384. The number of hydrogen-bond donors (Lipinski definition) is 1. The highest BCUT2D eigenvalue weighted by Gasteiger charge is 2.21. The van der Waals surface area contributed by atoms with Gasteiger partial charge in [-0.2, -0.15) is 0 Å². The van der Waals surface area contributed by atoms with Crippen molar-refractivity contribution in [3.63, 3.8) is 0 Å². The van der Waals surface area contributed by atoms with Crippen LogP contribution in [0.25, 0.3) is 0 Å². The number of nitrogens with zero attached hydrogens (tertiary/aromatic N) is 1. The van der Waals surface area contributed by atoms with Crippen LogP contribution in [0.15, 0.2) is 45.5 Å². The van der Waals surface area contributed by atoms with Crippen LogP contribution in [0.1, 0.15) is 17.5 Å². The van der Waals surface area contributed by atoms with Crippen LogP contribution in [0.4, 0.5) is 11.4 Å². The summed E-state index contributed by atoms with van der Waals surface area (Å²) in [5.74, 6) is -1.46. The summed E-state index contributed by atoms with van der Waals surface area (Å²) in [6.45, 7) is 1.38. The van der Waals surface area contributed by atoms with Crippen LogP contribution in [-0.4, -0.2) is 22.9 Å². The van der Waals surface area contributed by atoms with Crippen LogP contribution < -0.4 is 5.32 Å². The van der Waals surface area contributed by atoms with E-state index >= 15 is 0 Å². The van der Waals surface area contributed by atoms with E-state index in [2.05, 4.69) is 21.2 Å². The Bertz CT molecular complexity index is 757. The maximum atomic E-state index is 12.0. The van der Waals surface area contributed by atoms with Crippen molar-refractivity contribution in [3.05, 3.63) is 56.9 Å². The number of anilines is 1. The van der Waals surface area contributed by atoms with Gasteiger partial charge in [-0.05, 0) is 41.1 Å². The van der Waals surface area contributed by atoms with Gasteiger partial charge in [-0.1, -0.05) is 6.07 Å². The topological polar surface area (TPSA) is 112 Å². The predicted molar refractivity (Wildman–Crippen MR) is 83.0 cm³/mol. The van der Waals surface area contributed by atoms with Gasteiger partial charge >= 0.3 is 5.97 Å². The van der Waals surface area contributed by atoms with Gasteiger partial charge in [0, 0.05) is 17.8 Å². The summed E-state index contributed by atoms with van der Waals surface area (Å²) in [6, 6.07) is 8.35. The van der Waals surface area contributed by atoms with Crippen LogP contribution in [0.2, 0.25) is 0 Å². The van der Waals surface area contributed by atoms with Crippen molar-refractivity contribution < 1.29 is 23.7 Å². The number of carbonyl (C=O) groups excluding carboxylic acids is 2. The lowest BCUT2D eigenvalue weighted by atomic mass is 10.2. The van der Waals surface area contributed by atoms with Crippen LogP contribution >= 0.6 is 15.9 Å². The highest BCUT2D eigenvalue weighted by Crippen LogP contribution is 2.18. The van der Waals surface area contributed by atoms with Crippen molar-refractivity contribution >= 4 is 39.2 Å². The van der Waals surface area contributed by atoms with E-state index in [0.29, 0.717) is 4.67 Å². The van der Waals surface area contributed by atoms with Gasteiger partial charge in [-0.3, -0.25) is 14.9 Å². The molecule has 1 aromatic carbocycles. The van der Waals surface area contributed by atoms with E-state index in [1.165, 1.54) is 43.3 Å². The summed E-state index contributed by atoms with van der Waals surface area (Å²) >= 11 is 3.05. The molecule has 1 unspecified atom stereocenters. The van der Waals surface area contributed by atoms with Crippen LogP contribution in [0.5, 0.6) is 0 Å². The third kappa shape index (κ3) is 4.39. The van der Waals surface area contributed by atoms with Gasteiger partial charge in [-0.15, -0.1) is 0 Å². The molecule has 0 saturated carbocycles. The average Bonchev–Trinajstić information content (AvgIpc) is 2.94. The average molecular weight is 383 g/mol. The summed E-state index contributed by atoms with van der Waals surface area (Å²) in [4.78, 5) is 33.8. The van der Waals surface area contributed by atoms with Gasteiger partial charge < -0.3 is 14.5 Å². The second-order valence-electron chi connectivity index (χ2n) is 4.45. The number of nitro benzene ring substituents is 1. The van der Waals surface area contributed by atoms with E-state index in [-0.39, 0.29) is 17.1 Å². The Balaban J connectivity index is 1.98. The molecule has 120 valence electrons. The first-order valence-corrected chi connectivity index (χ1v) is 7.18. The number of furan rings is 1. The van der Waals surface area contributed by atoms with Gasteiger partial charge in [0.25, 0.3) is 11.6 Å². The highest BCUT2D eigenvalue weighted by atomic mass is 79.9. The van der Waals surface area contributed by atoms with Crippen molar-refractivity contribution in [2.75, 3.05) is 5.32 Å². The Labute approximate surface area is 138 Å². The monoisotopic (exact) mass is 382 g/mol. The van der Waals surface area contributed by atoms with E-state index < -0.39 is 22.9 Å². The van der Waals surface area contributed by atoms with E-state index in [9.17, 15) is 19.7 Å². The Morgan fingerprint density at radius 2 is 2.09 bits per heavy atom. The SMILES string of the molecule is CC(OC(=O)c1ccc(Br)o1)C(=O)Nc1cccc([N+](=O)[O-])c1. The first-order chi connectivity index (χ1) is 10.9. The number of halogens is 1. The number of amides is 1. The fourth-order valence-electron chi connectivity index (χ4n) is 1.64. The molecule has 2 aromatic rings. The van der Waals surface area contributed by atoms with Crippen LogP contribution in [-0.2, 0) is 9.53 Å². The Morgan fingerprint density at radius 3 is 2.70 bits per heavy atom. The lowest BCUT2D eigenvalue weighted by Crippen LogP contribution is -2.29. The number of benzene rings is 1. The maximum absolute atomic E-state index is 12.0. The number of hydrogen-bond acceptors (Lipinski definition) is 6. The largest absolute Gasteiger partial charge is 0.447 e. The maximum Gasteiger partial charge on any atom is 0.375 e. The minimum Gasteiger partial charge on any atom is -0.447 e. The summed E-state index contributed by atoms with van der Waals surface area (Å²) in [7, 11) is 0. The van der Waals surface area contributed by atoms with Crippen molar-refractivity contribution in [3.8, 4) is 0 Å². The second kappa shape index (κ2) is 7.05. The van der Waals surface area contributed by atoms with Crippen molar-refractivity contribution in [1.29, 1.82) is 0 Å². The van der Waals surface area contributed by atoms with Gasteiger partial charge in [0.2, 0.25) is 5.76 Å². The number of nitrogens with one attached hydrogen (secondary N) is 1. The minimum atomic E-state index is -1.11. The molecule has 9 heteroatoms. The van der Waals surface area contributed by atoms with Gasteiger partial charge in [0.15, 0.2) is 10.8 Å². The zero-order chi connectivity index (χ0) is 17.0. The van der Waals surface area contributed by atoms with Gasteiger partial charge in [0.05, 0.1) is 4.92 Å². The van der Waals surface area contributed by atoms with Crippen molar-refractivity contribution in [2.45, 2.75) is 13.0 Å². The number of carbonyl (C=O) groups is 2. The fourth-order valence-corrected chi connectivity index (χ4v) is 1.94. The molecule has 0 radical (unpaired) electrons. The first kappa shape index (κ1) is 16.7. The molecule has 0 aliphatic rings. The number of rotatable bonds is 5. The summed E-state index contributed by atoms with van der Waals surface area (Å²) in [6.07, 6.45) is -1.11. The van der Waals surface area contributed by atoms with Gasteiger partial charge in [0.1, 0.15) is 0 Å². The van der Waals surface area contributed by atoms with E-state index in [0.717, 1.165) is 0 Å². The number of nitro groups is 1. The molecule has 0 spiro atoms. The quantitative estimate of drug-likeness (QED) is 0.482. The molecular formula is C14H11BrN2O6. The zero-order valence-electron chi connectivity index (χ0n) is 11.8. The molecule has 1 aromatic heterocycles. The van der Waals surface area contributed by atoms with Crippen LogP contribution in [0, 0.1) is 10.1 Å². The third-order valence-corrected chi connectivity index (χ3v) is 3.18. The standard InChI is InChI=1S/C14H11BrN2O6/c1-8(22-14(19)11-5-6-12(15)23-11)13(18)16-9-3-2-4-10(7-9)17(20)21/h2-8H,1H3,(H,16,18). The molecule has 1 N–H and O–H groups in total. The van der Waals surface area contributed by atoms with Gasteiger partial charge in [-0.25, -0.2) is 4.79 Å². The summed E-state index contributed by atoms with van der Waals surface area (Å²) < 4.78 is 10.3. The normalized spacial score (nSPS) is 11.6. The number of non-ortho nitro benzene ring substituents is 1. The molecule has 8 nitrogen and oxygen atoms in total. The van der Waals surface area contributed by atoms with E-state index in [1.807, 2.05) is 0 Å². The van der Waals surface area contributed by atoms with E-state index in [1.54, 1.807) is 0 Å². The molecule has 0 aliphatic carbocycles. The smallest absolute Gasteiger partial charge is 0.375 e. The first-order valence-electron chi connectivity index (χ1n) is 6.38. The Morgan fingerprint density at radius 1 is 1.35 bits per heavy atom. The fraction of sp³-hybridized carbons (Fsp3) is 0.143. The van der Waals surface area contributed by atoms with E-state index in [4.69, 9.17) is 9.15 Å². The van der Waals surface area contributed by atoms with Crippen molar-refractivity contribution in [2.24, 2.45) is 0 Å². The Kier molecular flexibility index (Phi) is 5.12. The molecular weight excluding hydrogens is 372 g/mol.